The normalized spacial score (nSPS) is 12.0. The molecule has 0 aromatic heterocycles. The van der Waals surface area contributed by atoms with E-state index < -0.39 is 10.1 Å². The number of hydrogen-bond acceptors (Lipinski definition) is 2. The molecule has 2 rings (SSSR count). The standard InChI is InChI=1S/C30H48O3S/c1-3-5-7-9-11-13-15-17-20-26-24-27(21-18-16-14-12-10-8-6-4-2)30-28(25-26)22-19-23-29(30)34(31,32)33/h19,22-25H,3-18,20-21H2,1-2H3,(H,31,32,33). The third-order valence-electron chi connectivity index (χ3n) is 6.98. The maximum Gasteiger partial charge on any atom is 0.295 e. The van der Waals surface area contributed by atoms with Gasteiger partial charge in [0.25, 0.3) is 10.1 Å². The Morgan fingerprint density at radius 3 is 1.68 bits per heavy atom. The van der Waals surface area contributed by atoms with E-state index in [9.17, 15) is 13.0 Å². The van der Waals surface area contributed by atoms with Gasteiger partial charge in [0.15, 0.2) is 0 Å². The fourth-order valence-electron chi connectivity index (χ4n) is 5.02. The molecular formula is C30H48O3S. The summed E-state index contributed by atoms with van der Waals surface area (Å²) in [5, 5.41) is 1.65. The minimum atomic E-state index is -4.25. The van der Waals surface area contributed by atoms with Gasteiger partial charge in [0.05, 0.1) is 0 Å². The Morgan fingerprint density at radius 2 is 1.15 bits per heavy atom. The van der Waals surface area contributed by atoms with Crippen molar-refractivity contribution in [1.82, 2.24) is 0 Å². The largest absolute Gasteiger partial charge is 0.295 e. The van der Waals surface area contributed by atoms with Crippen LogP contribution in [0.5, 0.6) is 0 Å². The molecular weight excluding hydrogens is 440 g/mol. The van der Waals surface area contributed by atoms with E-state index in [2.05, 4.69) is 26.0 Å². The van der Waals surface area contributed by atoms with E-state index in [1.165, 1.54) is 108 Å². The highest BCUT2D eigenvalue weighted by Crippen LogP contribution is 2.30. The van der Waals surface area contributed by atoms with Crippen LogP contribution in [-0.4, -0.2) is 13.0 Å². The molecule has 0 saturated carbocycles. The number of aryl methyl sites for hydroxylation is 2. The van der Waals surface area contributed by atoms with E-state index in [1.807, 2.05) is 6.07 Å². The first-order chi connectivity index (χ1) is 16.5. The molecule has 0 heterocycles. The minimum Gasteiger partial charge on any atom is -0.282 e. The number of benzene rings is 2. The molecule has 0 spiro atoms. The molecule has 1 N–H and O–H groups in total. The molecule has 34 heavy (non-hydrogen) atoms. The van der Waals surface area contributed by atoms with Crippen LogP contribution in [0, 0.1) is 0 Å². The van der Waals surface area contributed by atoms with Gasteiger partial charge < -0.3 is 0 Å². The van der Waals surface area contributed by atoms with E-state index >= 15 is 0 Å². The van der Waals surface area contributed by atoms with Crippen LogP contribution in [0.2, 0.25) is 0 Å². The van der Waals surface area contributed by atoms with Crippen molar-refractivity contribution < 1.29 is 13.0 Å². The molecule has 3 nitrogen and oxygen atoms in total. The molecule has 0 aliphatic heterocycles. The first-order valence-electron chi connectivity index (χ1n) is 14.0. The van der Waals surface area contributed by atoms with Crippen molar-refractivity contribution in [2.24, 2.45) is 0 Å². The molecule has 0 unspecified atom stereocenters. The Balaban J connectivity index is 2.01. The fraction of sp³-hybridized carbons (Fsp3) is 0.667. The van der Waals surface area contributed by atoms with Crippen LogP contribution in [0.15, 0.2) is 35.2 Å². The van der Waals surface area contributed by atoms with Crippen molar-refractivity contribution in [1.29, 1.82) is 0 Å². The second-order valence-electron chi connectivity index (χ2n) is 10.0. The third-order valence-corrected chi connectivity index (χ3v) is 7.87. The van der Waals surface area contributed by atoms with Crippen LogP contribution in [0.1, 0.15) is 128 Å². The van der Waals surface area contributed by atoms with E-state index in [0.717, 1.165) is 30.2 Å². The lowest BCUT2D eigenvalue weighted by Crippen LogP contribution is -2.02. The van der Waals surface area contributed by atoms with Gasteiger partial charge in [-0.1, -0.05) is 128 Å². The number of unbranched alkanes of at least 4 members (excludes halogenated alkanes) is 14. The van der Waals surface area contributed by atoms with E-state index in [4.69, 9.17) is 0 Å². The van der Waals surface area contributed by atoms with Gasteiger partial charge in [-0.05, 0) is 48.3 Å². The quantitative estimate of drug-likeness (QED) is 0.158. The topological polar surface area (TPSA) is 54.4 Å². The molecule has 0 aliphatic carbocycles. The lowest BCUT2D eigenvalue weighted by molar-refractivity contribution is 0.484. The van der Waals surface area contributed by atoms with Gasteiger partial charge >= 0.3 is 0 Å². The molecule has 0 amide bonds. The number of fused-ring (bicyclic) bond motifs is 1. The van der Waals surface area contributed by atoms with Gasteiger partial charge in [-0.3, -0.25) is 4.55 Å². The van der Waals surface area contributed by atoms with Crippen LogP contribution >= 0.6 is 0 Å². The summed E-state index contributed by atoms with van der Waals surface area (Å²) in [7, 11) is -4.25. The predicted molar refractivity (Wildman–Crippen MR) is 146 cm³/mol. The van der Waals surface area contributed by atoms with Gasteiger partial charge in [0, 0.05) is 5.39 Å². The highest BCUT2D eigenvalue weighted by molar-refractivity contribution is 7.86. The Morgan fingerprint density at radius 1 is 0.647 bits per heavy atom. The fourth-order valence-corrected chi connectivity index (χ4v) is 5.78. The number of rotatable bonds is 19. The van der Waals surface area contributed by atoms with Gasteiger partial charge in [0.2, 0.25) is 0 Å². The average Bonchev–Trinajstić information content (AvgIpc) is 2.81. The summed E-state index contributed by atoms with van der Waals surface area (Å²) in [6.45, 7) is 4.50. The van der Waals surface area contributed by atoms with Crippen LogP contribution < -0.4 is 0 Å². The van der Waals surface area contributed by atoms with Crippen molar-refractivity contribution in [2.75, 3.05) is 0 Å². The van der Waals surface area contributed by atoms with E-state index in [1.54, 1.807) is 6.07 Å². The summed E-state index contributed by atoms with van der Waals surface area (Å²) in [6, 6.07) is 9.60. The lowest BCUT2D eigenvalue weighted by atomic mass is 9.94. The van der Waals surface area contributed by atoms with Crippen molar-refractivity contribution >= 4 is 20.9 Å². The summed E-state index contributed by atoms with van der Waals surface area (Å²) in [4.78, 5) is 0.0539. The Bertz CT molecular complexity index is 933. The first kappa shape index (κ1) is 28.8. The zero-order valence-electron chi connectivity index (χ0n) is 21.8. The van der Waals surface area contributed by atoms with Crippen LogP contribution in [-0.2, 0) is 23.0 Å². The van der Waals surface area contributed by atoms with Gasteiger partial charge in [-0.2, -0.15) is 8.42 Å². The summed E-state index contributed by atoms with van der Waals surface area (Å²) in [5.41, 5.74) is 2.37. The molecule has 0 bridgehead atoms. The van der Waals surface area contributed by atoms with Crippen molar-refractivity contribution in [3.63, 3.8) is 0 Å². The molecule has 0 radical (unpaired) electrons. The first-order valence-corrected chi connectivity index (χ1v) is 15.4. The minimum absolute atomic E-state index is 0.0539. The van der Waals surface area contributed by atoms with E-state index in [-0.39, 0.29) is 4.90 Å². The second-order valence-corrected chi connectivity index (χ2v) is 11.4. The van der Waals surface area contributed by atoms with Crippen LogP contribution in [0.4, 0.5) is 0 Å². The molecule has 0 saturated heterocycles. The molecule has 2 aromatic rings. The molecule has 4 heteroatoms. The highest BCUT2D eigenvalue weighted by atomic mass is 32.2. The zero-order chi connectivity index (χ0) is 24.7. The predicted octanol–water partition coefficient (Wildman–Crippen LogP) is 9.45. The SMILES string of the molecule is CCCCCCCCCCc1cc(CCCCCCCCCC)c2c(S(=O)(=O)O)cccc2c1. The average molecular weight is 489 g/mol. The van der Waals surface area contributed by atoms with Gasteiger partial charge in [-0.25, -0.2) is 0 Å². The highest BCUT2D eigenvalue weighted by Gasteiger charge is 2.17. The molecule has 192 valence electrons. The Kier molecular flexibility index (Phi) is 13.8. The van der Waals surface area contributed by atoms with Crippen LogP contribution in [0.25, 0.3) is 10.8 Å². The summed E-state index contributed by atoms with van der Waals surface area (Å²) in [5.74, 6) is 0. The monoisotopic (exact) mass is 488 g/mol. The maximum absolute atomic E-state index is 12.1. The Hall–Kier alpha value is -1.39. The van der Waals surface area contributed by atoms with Crippen molar-refractivity contribution in [3.8, 4) is 0 Å². The summed E-state index contributed by atoms with van der Waals surface area (Å²) >= 11 is 0. The zero-order valence-corrected chi connectivity index (χ0v) is 22.6. The maximum atomic E-state index is 12.1. The number of hydrogen-bond donors (Lipinski definition) is 1. The second kappa shape index (κ2) is 16.3. The smallest absolute Gasteiger partial charge is 0.282 e. The van der Waals surface area contributed by atoms with Gasteiger partial charge in [-0.15, -0.1) is 0 Å². The molecule has 0 atom stereocenters. The van der Waals surface area contributed by atoms with Gasteiger partial charge in [0.1, 0.15) is 4.90 Å². The van der Waals surface area contributed by atoms with Crippen molar-refractivity contribution in [2.45, 2.75) is 134 Å². The molecule has 0 fully saturated rings. The van der Waals surface area contributed by atoms with E-state index in [0.29, 0.717) is 5.39 Å². The van der Waals surface area contributed by atoms with Crippen molar-refractivity contribution in [3.05, 3.63) is 41.5 Å². The molecule has 2 aromatic carbocycles. The third kappa shape index (κ3) is 10.5. The Labute approximate surface area is 209 Å². The molecule has 0 aliphatic rings. The summed E-state index contributed by atoms with van der Waals surface area (Å²) < 4.78 is 34.0. The summed E-state index contributed by atoms with van der Waals surface area (Å²) in [6.07, 6.45) is 22.3. The van der Waals surface area contributed by atoms with Crippen LogP contribution in [0.3, 0.4) is 0 Å². The lowest BCUT2D eigenvalue weighted by Gasteiger charge is -2.13.